The maximum atomic E-state index is 13.1. The summed E-state index contributed by atoms with van der Waals surface area (Å²) in [6.07, 6.45) is 1.38. The van der Waals surface area contributed by atoms with Gasteiger partial charge in [0.2, 0.25) is 0 Å². The van der Waals surface area contributed by atoms with Crippen LogP contribution in [0.1, 0.15) is 5.56 Å². The summed E-state index contributed by atoms with van der Waals surface area (Å²) < 4.78 is 42.1. The highest BCUT2D eigenvalue weighted by molar-refractivity contribution is 9.11. The third-order valence-electron chi connectivity index (χ3n) is 2.81. The Kier molecular flexibility index (Phi) is 4.46. The Morgan fingerprint density at radius 1 is 1.30 bits per heavy atom. The number of thiophene rings is 1. The molecule has 1 aromatic carbocycles. The summed E-state index contributed by atoms with van der Waals surface area (Å²) in [5.41, 5.74) is 0.700. The highest BCUT2D eigenvalue weighted by Crippen LogP contribution is 2.26. The maximum Gasteiger partial charge on any atom is 0.273 e. The van der Waals surface area contributed by atoms with Gasteiger partial charge in [0.15, 0.2) is 0 Å². The molecule has 6 nitrogen and oxygen atoms in total. The van der Waals surface area contributed by atoms with Gasteiger partial charge in [-0.25, -0.2) is 22.2 Å². The number of nitrogens with zero attached hydrogens (tertiary/aromatic N) is 3. The van der Waals surface area contributed by atoms with E-state index in [0.717, 1.165) is 11.3 Å². The molecule has 0 saturated heterocycles. The van der Waals surface area contributed by atoms with E-state index < -0.39 is 10.0 Å². The molecule has 0 aliphatic rings. The number of hydrogen-bond acceptors (Lipinski definition) is 5. The van der Waals surface area contributed by atoms with Gasteiger partial charge in [0, 0.05) is 0 Å². The van der Waals surface area contributed by atoms with Gasteiger partial charge in [-0.2, -0.15) is 4.98 Å². The van der Waals surface area contributed by atoms with Gasteiger partial charge >= 0.3 is 0 Å². The Labute approximate surface area is 144 Å². The number of hydrogen-bond donors (Lipinski definition) is 1. The molecule has 1 N–H and O–H groups in total. The minimum Gasteiger partial charge on any atom is -0.246 e. The molecule has 23 heavy (non-hydrogen) atoms. The average molecular weight is 417 g/mol. The predicted molar refractivity (Wildman–Crippen MR) is 88.4 cm³/mol. The summed E-state index contributed by atoms with van der Waals surface area (Å²) in [6.45, 7) is 0.289. The number of halogens is 2. The highest BCUT2D eigenvalue weighted by Gasteiger charge is 2.18. The molecule has 0 atom stereocenters. The maximum absolute atomic E-state index is 13.1. The lowest BCUT2D eigenvalue weighted by atomic mass is 10.2. The molecule has 0 saturated carbocycles. The van der Waals surface area contributed by atoms with E-state index in [1.54, 1.807) is 18.2 Å². The van der Waals surface area contributed by atoms with Crippen molar-refractivity contribution in [2.75, 3.05) is 4.72 Å². The van der Waals surface area contributed by atoms with Gasteiger partial charge in [-0.05, 0) is 45.8 Å². The van der Waals surface area contributed by atoms with Gasteiger partial charge in [-0.15, -0.1) is 16.4 Å². The number of sulfonamides is 1. The van der Waals surface area contributed by atoms with Crippen molar-refractivity contribution < 1.29 is 12.8 Å². The van der Waals surface area contributed by atoms with Gasteiger partial charge < -0.3 is 0 Å². The molecular weight excluding hydrogens is 407 g/mol. The smallest absolute Gasteiger partial charge is 0.246 e. The van der Waals surface area contributed by atoms with Crippen molar-refractivity contribution in [1.29, 1.82) is 0 Å². The van der Waals surface area contributed by atoms with Gasteiger partial charge in [-0.1, -0.05) is 12.1 Å². The fourth-order valence-electron chi connectivity index (χ4n) is 1.85. The van der Waals surface area contributed by atoms with Crippen molar-refractivity contribution in [2.24, 2.45) is 0 Å². The van der Waals surface area contributed by atoms with Crippen molar-refractivity contribution in [3.63, 3.8) is 0 Å². The van der Waals surface area contributed by atoms with Crippen molar-refractivity contribution >= 4 is 43.2 Å². The Balaban J connectivity index is 1.74. The molecule has 120 valence electrons. The van der Waals surface area contributed by atoms with Gasteiger partial charge in [0.05, 0.1) is 10.3 Å². The lowest BCUT2D eigenvalue weighted by molar-refractivity contribution is 0.602. The molecule has 2 aromatic heterocycles. The zero-order valence-electron chi connectivity index (χ0n) is 11.5. The monoisotopic (exact) mass is 416 g/mol. The molecule has 0 bridgehead atoms. The lowest BCUT2D eigenvalue weighted by Crippen LogP contribution is -2.13. The fourth-order valence-corrected chi connectivity index (χ4v) is 4.81. The molecule has 0 amide bonds. The SMILES string of the molecule is O=S(=O)(Nc1ncn(Cc2cccc(F)c2)n1)c1ccc(Br)s1. The first-order valence-electron chi connectivity index (χ1n) is 6.34. The molecule has 0 spiro atoms. The van der Waals surface area contributed by atoms with Crippen LogP contribution in [0.2, 0.25) is 0 Å². The first-order valence-corrected chi connectivity index (χ1v) is 9.44. The minimum atomic E-state index is -3.72. The molecule has 3 rings (SSSR count). The second kappa shape index (κ2) is 6.38. The Morgan fingerprint density at radius 3 is 2.83 bits per heavy atom. The fraction of sp³-hybridized carbons (Fsp3) is 0.0769. The topological polar surface area (TPSA) is 76.9 Å². The van der Waals surface area contributed by atoms with Crippen LogP contribution in [0.25, 0.3) is 0 Å². The van der Waals surface area contributed by atoms with Crippen LogP contribution in [0.15, 0.2) is 50.7 Å². The Bertz CT molecular complexity index is 939. The van der Waals surface area contributed by atoms with Crippen LogP contribution in [0, 0.1) is 5.82 Å². The van der Waals surface area contributed by atoms with E-state index >= 15 is 0 Å². The molecule has 0 aliphatic carbocycles. The number of aromatic nitrogens is 3. The number of nitrogens with one attached hydrogen (secondary N) is 1. The van der Waals surface area contributed by atoms with E-state index in [0.29, 0.717) is 9.35 Å². The number of benzene rings is 1. The van der Waals surface area contributed by atoms with Crippen LogP contribution in [0.3, 0.4) is 0 Å². The third-order valence-corrected chi connectivity index (χ3v) is 6.25. The summed E-state index contributed by atoms with van der Waals surface area (Å²) in [4.78, 5) is 3.91. The highest BCUT2D eigenvalue weighted by atomic mass is 79.9. The summed E-state index contributed by atoms with van der Waals surface area (Å²) in [6, 6.07) is 9.21. The molecule has 2 heterocycles. The second-order valence-electron chi connectivity index (χ2n) is 4.56. The van der Waals surface area contributed by atoms with Crippen molar-refractivity contribution in [3.05, 3.63) is 57.9 Å². The van der Waals surface area contributed by atoms with E-state index in [4.69, 9.17) is 0 Å². The van der Waals surface area contributed by atoms with E-state index in [1.807, 2.05) is 0 Å². The van der Waals surface area contributed by atoms with E-state index in [2.05, 4.69) is 30.7 Å². The van der Waals surface area contributed by atoms with Gasteiger partial charge in [0.1, 0.15) is 16.4 Å². The average Bonchev–Trinajstić information content (AvgIpc) is 3.08. The van der Waals surface area contributed by atoms with Crippen LogP contribution in [0.4, 0.5) is 10.3 Å². The van der Waals surface area contributed by atoms with E-state index in [9.17, 15) is 12.8 Å². The first kappa shape index (κ1) is 16.1. The molecule has 0 radical (unpaired) electrons. The third kappa shape index (κ3) is 3.95. The zero-order chi connectivity index (χ0) is 16.4. The summed E-state index contributed by atoms with van der Waals surface area (Å²) in [7, 11) is -3.72. The molecular formula is C13H10BrFN4O2S2. The van der Waals surface area contributed by atoms with Crippen molar-refractivity contribution in [2.45, 2.75) is 10.8 Å². The van der Waals surface area contributed by atoms with Crippen LogP contribution >= 0.6 is 27.3 Å². The predicted octanol–water partition coefficient (Wildman–Crippen LogP) is 3.09. The van der Waals surface area contributed by atoms with Crippen molar-refractivity contribution in [3.8, 4) is 0 Å². The van der Waals surface area contributed by atoms with Crippen LogP contribution < -0.4 is 4.72 Å². The minimum absolute atomic E-state index is 0.0362. The van der Waals surface area contributed by atoms with Crippen LogP contribution in [-0.2, 0) is 16.6 Å². The summed E-state index contributed by atoms with van der Waals surface area (Å²) in [5.74, 6) is -0.377. The number of rotatable bonds is 5. The van der Waals surface area contributed by atoms with Gasteiger partial charge in [-0.3, -0.25) is 0 Å². The second-order valence-corrected chi connectivity index (χ2v) is 8.93. The largest absolute Gasteiger partial charge is 0.273 e. The van der Waals surface area contributed by atoms with Crippen LogP contribution in [-0.4, -0.2) is 23.2 Å². The molecule has 0 unspecified atom stereocenters. The Morgan fingerprint density at radius 2 is 2.13 bits per heavy atom. The van der Waals surface area contributed by atoms with Crippen molar-refractivity contribution in [1.82, 2.24) is 14.8 Å². The first-order chi connectivity index (χ1) is 10.9. The van der Waals surface area contributed by atoms with E-state index in [1.165, 1.54) is 29.2 Å². The molecule has 3 aromatic rings. The molecule has 0 aliphatic heterocycles. The van der Waals surface area contributed by atoms with E-state index in [-0.39, 0.29) is 22.5 Å². The lowest BCUT2D eigenvalue weighted by Gasteiger charge is -2.02. The summed E-state index contributed by atoms with van der Waals surface area (Å²) >= 11 is 4.30. The summed E-state index contributed by atoms with van der Waals surface area (Å²) in [5, 5.41) is 4.04. The normalized spacial score (nSPS) is 11.6. The Hall–Kier alpha value is -1.78. The number of anilines is 1. The molecule has 10 heteroatoms. The van der Waals surface area contributed by atoms with Crippen LogP contribution in [0.5, 0.6) is 0 Å². The standard InChI is InChI=1S/C13H10BrFN4O2S2/c14-11-4-5-12(22-11)23(20,21)18-13-16-8-19(17-13)7-9-2-1-3-10(15)6-9/h1-6,8H,7H2,(H,17,18). The zero-order valence-corrected chi connectivity index (χ0v) is 14.7. The molecule has 0 fully saturated rings. The van der Waals surface area contributed by atoms with Gasteiger partial charge in [0.25, 0.3) is 16.0 Å². The quantitative estimate of drug-likeness (QED) is 0.692.